The number of nitrogens with zero attached hydrogens (tertiary/aromatic N) is 3. The van der Waals surface area contributed by atoms with Crippen molar-refractivity contribution in [1.82, 2.24) is 14.5 Å². The fourth-order valence-electron chi connectivity index (χ4n) is 3.50. The predicted molar refractivity (Wildman–Crippen MR) is 118 cm³/mol. The topological polar surface area (TPSA) is 101 Å². The molecule has 4 aromatic rings. The van der Waals surface area contributed by atoms with Crippen LogP contribution in [0.4, 0.5) is 5.82 Å². The van der Waals surface area contributed by atoms with Crippen LogP contribution < -0.4 is 10.5 Å². The Labute approximate surface area is 179 Å². The maximum Gasteiger partial charge on any atom is 0.344 e. The van der Waals surface area contributed by atoms with Gasteiger partial charge in [0, 0.05) is 7.11 Å². The number of anilines is 1. The van der Waals surface area contributed by atoms with Gasteiger partial charge < -0.3 is 24.5 Å². The summed E-state index contributed by atoms with van der Waals surface area (Å²) >= 11 is 0. The molecule has 0 saturated carbocycles. The van der Waals surface area contributed by atoms with E-state index in [1.54, 1.807) is 25.7 Å². The van der Waals surface area contributed by atoms with Crippen LogP contribution in [0.3, 0.4) is 0 Å². The van der Waals surface area contributed by atoms with Gasteiger partial charge in [-0.05, 0) is 36.8 Å². The standard InChI is InChI=1S/C23H24N4O4/c1-14(13-29-2)31-23(28)19-20-22(26-18-7-5-4-6-17(18)25-20)27(21(19)24)12-15-8-10-16(30-3)11-9-15/h4-11,14H,12-13,24H2,1-3H3/t14-/m0/s1. The molecule has 31 heavy (non-hydrogen) atoms. The van der Waals surface area contributed by atoms with Crippen molar-refractivity contribution < 1.29 is 19.0 Å². The van der Waals surface area contributed by atoms with Crippen molar-refractivity contribution in [3.05, 3.63) is 59.7 Å². The normalized spacial score (nSPS) is 12.2. The van der Waals surface area contributed by atoms with E-state index in [0.717, 1.165) is 16.8 Å². The van der Waals surface area contributed by atoms with Crippen molar-refractivity contribution in [2.45, 2.75) is 19.6 Å². The lowest BCUT2D eigenvalue weighted by molar-refractivity contribution is 0.0123. The largest absolute Gasteiger partial charge is 0.497 e. The summed E-state index contributed by atoms with van der Waals surface area (Å²) in [6.45, 7) is 2.46. The molecule has 0 saturated heterocycles. The third kappa shape index (κ3) is 4.02. The van der Waals surface area contributed by atoms with E-state index in [-0.39, 0.29) is 18.0 Å². The van der Waals surface area contributed by atoms with Gasteiger partial charge in [0.15, 0.2) is 5.65 Å². The maximum absolute atomic E-state index is 13.0. The van der Waals surface area contributed by atoms with Gasteiger partial charge >= 0.3 is 5.97 Å². The summed E-state index contributed by atoms with van der Waals surface area (Å²) in [4.78, 5) is 22.4. The number of carbonyl (C=O) groups is 1. The highest BCUT2D eigenvalue weighted by Crippen LogP contribution is 2.30. The molecule has 8 heteroatoms. The molecule has 0 fully saturated rings. The van der Waals surface area contributed by atoms with Crippen LogP contribution in [-0.4, -0.2) is 47.4 Å². The number of methoxy groups -OCH3 is 2. The minimum atomic E-state index is -0.551. The number of fused-ring (bicyclic) bond motifs is 2. The number of hydrogen-bond acceptors (Lipinski definition) is 7. The molecule has 2 aromatic carbocycles. The number of esters is 1. The van der Waals surface area contributed by atoms with Crippen molar-refractivity contribution in [3.63, 3.8) is 0 Å². The fourth-order valence-corrected chi connectivity index (χ4v) is 3.50. The van der Waals surface area contributed by atoms with Crippen molar-refractivity contribution in [2.75, 3.05) is 26.6 Å². The summed E-state index contributed by atoms with van der Waals surface area (Å²) in [6, 6.07) is 15.1. The molecule has 4 rings (SSSR count). The summed E-state index contributed by atoms with van der Waals surface area (Å²) in [6.07, 6.45) is -0.426. The van der Waals surface area contributed by atoms with Gasteiger partial charge in [-0.3, -0.25) is 0 Å². The number of hydrogen-bond donors (Lipinski definition) is 1. The highest BCUT2D eigenvalue weighted by Gasteiger charge is 2.26. The summed E-state index contributed by atoms with van der Waals surface area (Å²) in [5.41, 5.74) is 9.99. The summed E-state index contributed by atoms with van der Waals surface area (Å²) in [5, 5.41) is 0. The van der Waals surface area contributed by atoms with Crippen LogP contribution in [0.1, 0.15) is 22.8 Å². The second kappa shape index (κ2) is 8.61. The number of nitrogen functional groups attached to an aromatic ring is 1. The Hall–Kier alpha value is -3.65. The van der Waals surface area contributed by atoms with Crippen LogP contribution in [0.15, 0.2) is 48.5 Å². The molecule has 160 valence electrons. The van der Waals surface area contributed by atoms with Gasteiger partial charge in [0.25, 0.3) is 0 Å². The highest BCUT2D eigenvalue weighted by molar-refractivity contribution is 6.08. The van der Waals surface area contributed by atoms with Crippen molar-refractivity contribution in [3.8, 4) is 5.75 Å². The molecule has 0 radical (unpaired) electrons. The van der Waals surface area contributed by atoms with E-state index in [1.807, 2.05) is 48.5 Å². The Balaban J connectivity index is 1.84. The number of aromatic nitrogens is 3. The second-order valence-electron chi connectivity index (χ2n) is 7.25. The maximum atomic E-state index is 13.0. The summed E-state index contributed by atoms with van der Waals surface area (Å²) < 4.78 is 17.6. The zero-order chi connectivity index (χ0) is 22.0. The minimum absolute atomic E-state index is 0.213. The molecular weight excluding hydrogens is 396 g/mol. The van der Waals surface area contributed by atoms with Crippen LogP contribution in [0.5, 0.6) is 5.75 Å². The van der Waals surface area contributed by atoms with Crippen molar-refractivity contribution in [1.29, 1.82) is 0 Å². The molecule has 2 aromatic heterocycles. The van der Waals surface area contributed by atoms with Gasteiger partial charge in [-0.1, -0.05) is 24.3 Å². The Bertz CT molecular complexity index is 1230. The SMILES string of the molecule is COC[C@H](C)OC(=O)c1c(N)n(Cc2ccc(OC)cc2)c2nc3ccccc3nc12. The van der Waals surface area contributed by atoms with E-state index in [1.165, 1.54) is 0 Å². The molecule has 0 unspecified atom stereocenters. The average Bonchev–Trinajstić information content (AvgIpc) is 3.03. The Kier molecular flexibility index (Phi) is 5.73. The number of rotatable bonds is 7. The molecule has 2 heterocycles. The van der Waals surface area contributed by atoms with Gasteiger partial charge in [-0.2, -0.15) is 0 Å². The smallest absolute Gasteiger partial charge is 0.344 e. The molecule has 0 amide bonds. The van der Waals surface area contributed by atoms with Crippen LogP contribution in [-0.2, 0) is 16.0 Å². The second-order valence-corrected chi connectivity index (χ2v) is 7.25. The van der Waals surface area contributed by atoms with Gasteiger partial charge in [-0.15, -0.1) is 0 Å². The lowest BCUT2D eigenvalue weighted by atomic mass is 10.2. The predicted octanol–water partition coefficient (Wildman–Crippen LogP) is 3.42. The first kappa shape index (κ1) is 20.6. The first-order valence-electron chi connectivity index (χ1n) is 9.89. The van der Waals surface area contributed by atoms with Crippen LogP contribution >= 0.6 is 0 Å². The van der Waals surface area contributed by atoms with E-state index < -0.39 is 12.1 Å². The number of benzene rings is 2. The molecule has 8 nitrogen and oxygen atoms in total. The Morgan fingerprint density at radius 3 is 2.39 bits per heavy atom. The number of carbonyl (C=O) groups excluding carboxylic acids is 1. The van der Waals surface area contributed by atoms with E-state index >= 15 is 0 Å². The van der Waals surface area contributed by atoms with Crippen LogP contribution in [0, 0.1) is 0 Å². The lowest BCUT2D eigenvalue weighted by Crippen LogP contribution is -2.20. The van der Waals surface area contributed by atoms with Gasteiger partial charge in [-0.25, -0.2) is 14.8 Å². The Morgan fingerprint density at radius 1 is 1.06 bits per heavy atom. The molecule has 0 bridgehead atoms. The Morgan fingerprint density at radius 2 is 1.74 bits per heavy atom. The van der Waals surface area contributed by atoms with Gasteiger partial charge in [0.2, 0.25) is 0 Å². The third-order valence-corrected chi connectivity index (χ3v) is 5.01. The molecule has 0 spiro atoms. The molecule has 2 N–H and O–H groups in total. The fraction of sp³-hybridized carbons (Fsp3) is 0.261. The van der Waals surface area contributed by atoms with Gasteiger partial charge in [0.05, 0.1) is 31.3 Å². The molecular formula is C23H24N4O4. The summed E-state index contributed by atoms with van der Waals surface area (Å²) in [7, 11) is 3.17. The molecule has 0 aliphatic rings. The molecule has 0 aliphatic carbocycles. The third-order valence-electron chi connectivity index (χ3n) is 5.01. The van der Waals surface area contributed by atoms with Crippen LogP contribution in [0.2, 0.25) is 0 Å². The first-order chi connectivity index (χ1) is 15.0. The van der Waals surface area contributed by atoms with E-state index in [2.05, 4.69) is 4.98 Å². The first-order valence-corrected chi connectivity index (χ1v) is 9.89. The highest BCUT2D eigenvalue weighted by atomic mass is 16.6. The summed E-state index contributed by atoms with van der Waals surface area (Å²) in [5.74, 6) is 0.470. The minimum Gasteiger partial charge on any atom is -0.497 e. The monoisotopic (exact) mass is 420 g/mol. The van der Waals surface area contributed by atoms with Crippen molar-refractivity contribution in [2.24, 2.45) is 0 Å². The van der Waals surface area contributed by atoms with Gasteiger partial charge in [0.1, 0.15) is 28.8 Å². The van der Waals surface area contributed by atoms with Crippen LogP contribution in [0.25, 0.3) is 22.2 Å². The zero-order valence-electron chi connectivity index (χ0n) is 17.7. The average molecular weight is 420 g/mol. The molecule has 1 atom stereocenters. The van der Waals surface area contributed by atoms with Crippen molar-refractivity contribution >= 4 is 34.0 Å². The number of nitrogens with two attached hydrogens (primary N) is 1. The molecule has 0 aliphatic heterocycles. The van der Waals surface area contributed by atoms with E-state index in [9.17, 15) is 4.79 Å². The lowest BCUT2D eigenvalue weighted by Gasteiger charge is -2.12. The number of para-hydroxylation sites is 2. The van der Waals surface area contributed by atoms with E-state index in [4.69, 9.17) is 24.9 Å². The zero-order valence-corrected chi connectivity index (χ0v) is 17.7. The quantitative estimate of drug-likeness (QED) is 0.457. The van der Waals surface area contributed by atoms with E-state index in [0.29, 0.717) is 23.2 Å². The number of ether oxygens (including phenoxy) is 3.